The van der Waals surface area contributed by atoms with Gasteiger partial charge in [-0.05, 0) is 56.0 Å². The number of esters is 1. The summed E-state index contributed by atoms with van der Waals surface area (Å²) in [6.45, 7) is 2.52. The first-order valence-electron chi connectivity index (χ1n) is 10.1. The Morgan fingerprint density at radius 1 is 1.07 bits per heavy atom. The molecule has 2 aromatic carbocycles. The van der Waals surface area contributed by atoms with Crippen molar-refractivity contribution in [1.29, 1.82) is 0 Å². The molecule has 1 atom stereocenters. The summed E-state index contributed by atoms with van der Waals surface area (Å²) in [5.41, 5.74) is 2.03. The second-order valence-electron chi connectivity index (χ2n) is 7.66. The molecule has 1 saturated heterocycles. The molecule has 2 aliphatic heterocycles. The van der Waals surface area contributed by atoms with E-state index in [1.165, 1.54) is 28.6 Å². The molecule has 0 saturated carbocycles. The van der Waals surface area contributed by atoms with Gasteiger partial charge in [-0.25, -0.2) is 13.2 Å². The number of carbonyl (C=O) groups is 2. The van der Waals surface area contributed by atoms with Crippen molar-refractivity contribution >= 4 is 27.6 Å². The first kappa shape index (κ1) is 20.6. The Labute approximate surface area is 176 Å². The summed E-state index contributed by atoms with van der Waals surface area (Å²) in [6.07, 6.45) is 2.43. The summed E-state index contributed by atoms with van der Waals surface area (Å²) in [5, 5.41) is 0. The maximum atomic E-state index is 12.7. The highest BCUT2D eigenvalue weighted by Gasteiger charge is 2.31. The zero-order valence-electron chi connectivity index (χ0n) is 16.8. The largest absolute Gasteiger partial charge is 0.452 e. The quantitative estimate of drug-likeness (QED) is 0.684. The van der Waals surface area contributed by atoms with Crippen LogP contribution in [-0.2, 0) is 26.0 Å². The summed E-state index contributed by atoms with van der Waals surface area (Å²) in [7, 11) is -3.63. The monoisotopic (exact) mass is 428 g/mol. The van der Waals surface area contributed by atoms with Crippen LogP contribution in [0.2, 0.25) is 0 Å². The molecular weight excluding hydrogens is 404 g/mol. The van der Waals surface area contributed by atoms with Crippen molar-refractivity contribution in [3.63, 3.8) is 0 Å². The molecule has 1 amide bonds. The Kier molecular flexibility index (Phi) is 5.62. The zero-order chi connectivity index (χ0) is 21.3. The Bertz CT molecular complexity index is 1080. The highest BCUT2D eigenvalue weighted by Crippen LogP contribution is 2.31. The average Bonchev–Trinajstić information content (AvgIpc) is 3.39. The molecule has 0 spiro atoms. The molecule has 0 radical (unpaired) electrons. The molecule has 0 aliphatic carbocycles. The van der Waals surface area contributed by atoms with Gasteiger partial charge in [-0.15, -0.1) is 0 Å². The summed E-state index contributed by atoms with van der Waals surface area (Å²) >= 11 is 0. The number of carbonyl (C=O) groups excluding carboxylic acids is 2. The van der Waals surface area contributed by atoms with Gasteiger partial charge < -0.3 is 9.64 Å². The summed E-state index contributed by atoms with van der Waals surface area (Å²) in [4.78, 5) is 26.9. The van der Waals surface area contributed by atoms with Crippen LogP contribution in [0.3, 0.4) is 0 Å². The number of fused-ring (bicyclic) bond motifs is 1. The molecule has 4 rings (SSSR count). The Balaban J connectivity index is 1.44. The molecule has 2 aromatic rings. The molecular formula is C22H24N2O5S. The minimum Gasteiger partial charge on any atom is -0.452 e. The van der Waals surface area contributed by atoms with Crippen LogP contribution in [0.5, 0.6) is 0 Å². The van der Waals surface area contributed by atoms with Gasteiger partial charge >= 0.3 is 5.97 Å². The third-order valence-corrected chi connectivity index (χ3v) is 7.47. The summed E-state index contributed by atoms with van der Waals surface area (Å²) in [6, 6.07) is 13.4. The van der Waals surface area contributed by atoms with Gasteiger partial charge in [0.25, 0.3) is 5.91 Å². The molecule has 1 unspecified atom stereocenters. The van der Waals surface area contributed by atoms with E-state index < -0.39 is 22.6 Å². The van der Waals surface area contributed by atoms with Gasteiger partial charge in [-0.3, -0.25) is 4.79 Å². The minimum atomic E-state index is -3.63. The average molecular weight is 429 g/mol. The van der Waals surface area contributed by atoms with Crippen LogP contribution in [0.4, 0.5) is 5.69 Å². The van der Waals surface area contributed by atoms with E-state index in [0.717, 1.165) is 30.5 Å². The third-order valence-electron chi connectivity index (χ3n) is 5.58. The van der Waals surface area contributed by atoms with Crippen molar-refractivity contribution < 1.29 is 22.7 Å². The molecule has 2 heterocycles. The highest BCUT2D eigenvalue weighted by atomic mass is 32.2. The van der Waals surface area contributed by atoms with Gasteiger partial charge in [-0.1, -0.05) is 24.3 Å². The van der Waals surface area contributed by atoms with Crippen LogP contribution in [0.15, 0.2) is 53.4 Å². The lowest BCUT2D eigenvalue weighted by molar-refractivity contribution is -0.122. The molecule has 0 N–H and O–H groups in total. The van der Waals surface area contributed by atoms with Crippen molar-refractivity contribution in [1.82, 2.24) is 4.31 Å². The van der Waals surface area contributed by atoms with Crippen LogP contribution in [0, 0.1) is 0 Å². The summed E-state index contributed by atoms with van der Waals surface area (Å²) < 4.78 is 32.1. The van der Waals surface area contributed by atoms with E-state index in [0.29, 0.717) is 13.1 Å². The van der Waals surface area contributed by atoms with E-state index in [-0.39, 0.29) is 22.4 Å². The molecule has 1 fully saturated rings. The van der Waals surface area contributed by atoms with Crippen molar-refractivity contribution in [3.8, 4) is 0 Å². The Hall–Kier alpha value is -2.71. The minimum absolute atomic E-state index is 0.0115. The number of anilines is 1. The predicted octanol–water partition coefficient (Wildman–Crippen LogP) is 2.61. The van der Waals surface area contributed by atoms with Gasteiger partial charge in [0.2, 0.25) is 10.0 Å². The number of amides is 1. The summed E-state index contributed by atoms with van der Waals surface area (Å²) in [5.74, 6) is -1.02. The predicted molar refractivity (Wildman–Crippen MR) is 112 cm³/mol. The molecule has 8 heteroatoms. The lowest BCUT2D eigenvalue weighted by Crippen LogP contribution is -2.38. The normalized spacial score (nSPS) is 19.0. The first-order chi connectivity index (χ1) is 14.4. The number of nitrogens with zero attached hydrogens (tertiary/aromatic N) is 2. The SMILES string of the molecule is CC1Cc2ccccc2N1C(=O)COC(=O)c1cccc(S(=O)(=O)N2CCCC2)c1. The van der Waals surface area contributed by atoms with Crippen LogP contribution < -0.4 is 4.90 Å². The molecule has 2 aliphatic rings. The number of hydrogen-bond donors (Lipinski definition) is 0. The Morgan fingerprint density at radius 3 is 2.57 bits per heavy atom. The van der Waals surface area contributed by atoms with Crippen LogP contribution >= 0.6 is 0 Å². The maximum Gasteiger partial charge on any atom is 0.338 e. The van der Waals surface area contributed by atoms with E-state index >= 15 is 0 Å². The lowest BCUT2D eigenvalue weighted by atomic mass is 10.1. The number of sulfonamides is 1. The van der Waals surface area contributed by atoms with E-state index in [2.05, 4.69) is 0 Å². The van der Waals surface area contributed by atoms with E-state index in [4.69, 9.17) is 4.74 Å². The number of hydrogen-bond acceptors (Lipinski definition) is 5. The fraction of sp³-hybridized carbons (Fsp3) is 0.364. The van der Waals surface area contributed by atoms with Crippen LogP contribution in [-0.4, -0.2) is 50.3 Å². The highest BCUT2D eigenvalue weighted by molar-refractivity contribution is 7.89. The fourth-order valence-corrected chi connectivity index (χ4v) is 5.65. The van der Waals surface area contributed by atoms with Gasteiger partial charge in [0.15, 0.2) is 6.61 Å². The van der Waals surface area contributed by atoms with Gasteiger partial charge in [-0.2, -0.15) is 4.31 Å². The zero-order valence-corrected chi connectivity index (χ0v) is 17.6. The van der Waals surface area contributed by atoms with Crippen molar-refractivity contribution in [2.75, 3.05) is 24.6 Å². The van der Waals surface area contributed by atoms with Crippen molar-refractivity contribution in [2.45, 2.75) is 37.1 Å². The topological polar surface area (TPSA) is 84.0 Å². The maximum absolute atomic E-state index is 12.7. The third kappa shape index (κ3) is 3.85. The van der Waals surface area contributed by atoms with Gasteiger partial charge in [0, 0.05) is 24.8 Å². The van der Waals surface area contributed by atoms with E-state index in [1.807, 2.05) is 31.2 Å². The number of benzene rings is 2. The van der Waals surface area contributed by atoms with E-state index in [9.17, 15) is 18.0 Å². The second-order valence-corrected chi connectivity index (χ2v) is 9.60. The second kappa shape index (κ2) is 8.20. The fourth-order valence-electron chi connectivity index (χ4n) is 4.09. The molecule has 30 heavy (non-hydrogen) atoms. The molecule has 0 aromatic heterocycles. The first-order valence-corrected chi connectivity index (χ1v) is 11.5. The smallest absolute Gasteiger partial charge is 0.338 e. The van der Waals surface area contributed by atoms with Crippen molar-refractivity contribution in [3.05, 3.63) is 59.7 Å². The molecule has 7 nitrogen and oxygen atoms in total. The molecule has 0 bridgehead atoms. The van der Waals surface area contributed by atoms with Crippen LogP contribution in [0.25, 0.3) is 0 Å². The van der Waals surface area contributed by atoms with Gasteiger partial charge in [0.1, 0.15) is 0 Å². The van der Waals surface area contributed by atoms with Crippen molar-refractivity contribution in [2.24, 2.45) is 0 Å². The number of para-hydroxylation sites is 1. The lowest BCUT2D eigenvalue weighted by Gasteiger charge is -2.22. The van der Waals surface area contributed by atoms with Gasteiger partial charge in [0.05, 0.1) is 10.5 Å². The number of ether oxygens (including phenoxy) is 1. The number of rotatable bonds is 5. The molecule has 158 valence electrons. The van der Waals surface area contributed by atoms with E-state index in [1.54, 1.807) is 4.90 Å². The Morgan fingerprint density at radius 2 is 1.80 bits per heavy atom. The van der Waals surface area contributed by atoms with Crippen LogP contribution in [0.1, 0.15) is 35.7 Å². The standard InChI is InChI=1S/C22H24N2O5S/c1-16-13-17-7-2-3-10-20(17)24(16)21(25)15-29-22(26)18-8-6-9-19(14-18)30(27,28)23-11-4-5-12-23/h2-3,6-10,14,16H,4-5,11-13,15H2,1H3.